The van der Waals surface area contributed by atoms with Crippen molar-refractivity contribution in [2.75, 3.05) is 0 Å². The zero-order chi connectivity index (χ0) is 17.7. The molecule has 3 heteroatoms. The summed E-state index contributed by atoms with van der Waals surface area (Å²) in [6.45, 7) is 4.24. The third kappa shape index (κ3) is 2.17. The number of aryl methyl sites for hydroxylation is 2. The van der Waals surface area contributed by atoms with Crippen molar-refractivity contribution in [1.82, 2.24) is 15.0 Å². The Kier molecular flexibility index (Phi) is 3.22. The van der Waals surface area contributed by atoms with Crippen LogP contribution in [0.2, 0.25) is 0 Å². The summed E-state index contributed by atoms with van der Waals surface area (Å²) in [6.07, 6.45) is 0. The minimum absolute atomic E-state index is 0.913. The molecular weight excluding hydrogens is 318 g/mol. The van der Waals surface area contributed by atoms with E-state index >= 15 is 0 Å². The van der Waals surface area contributed by atoms with E-state index in [0.717, 1.165) is 22.4 Å². The Hall–Kier alpha value is -3.33. The second-order valence-corrected chi connectivity index (χ2v) is 6.76. The van der Waals surface area contributed by atoms with Crippen molar-refractivity contribution in [2.45, 2.75) is 13.8 Å². The van der Waals surface area contributed by atoms with Crippen LogP contribution in [-0.4, -0.2) is 15.0 Å². The molecule has 0 unspecified atom stereocenters. The minimum atomic E-state index is 0.913. The van der Waals surface area contributed by atoms with Crippen molar-refractivity contribution in [1.29, 1.82) is 0 Å². The van der Waals surface area contributed by atoms with Gasteiger partial charge in [-0.3, -0.25) is 0 Å². The lowest BCUT2D eigenvalue weighted by atomic mass is 9.98. The fraction of sp³-hybridized carbons (Fsp3) is 0.0870. The van der Waals surface area contributed by atoms with E-state index in [1.54, 1.807) is 0 Å². The lowest BCUT2D eigenvalue weighted by Crippen LogP contribution is -1.82. The second-order valence-electron chi connectivity index (χ2n) is 6.76. The molecule has 126 valence electrons. The molecule has 2 N–H and O–H groups in total. The molecule has 0 saturated heterocycles. The molecule has 0 aliphatic heterocycles. The maximum absolute atomic E-state index is 4.88. The summed E-state index contributed by atoms with van der Waals surface area (Å²) in [5, 5.41) is 2.34. The fourth-order valence-corrected chi connectivity index (χ4v) is 3.70. The number of hydrogen-bond acceptors (Lipinski definition) is 1. The summed E-state index contributed by atoms with van der Waals surface area (Å²) in [7, 11) is 0. The summed E-state index contributed by atoms with van der Waals surface area (Å²) in [6, 6.07) is 23.3. The molecule has 0 fully saturated rings. The molecule has 26 heavy (non-hydrogen) atoms. The van der Waals surface area contributed by atoms with E-state index in [1.807, 2.05) is 6.07 Å². The van der Waals surface area contributed by atoms with E-state index in [-0.39, 0.29) is 0 Å². The smallest absolute Gasteiger partial charge is 0.140 e. The summed E-state index contributed by atoms with van der Waals surface area (Å²) < 4.78 is 0. The molecule has 0 spiro atoms. The van der Waals surface area contributed by atoms with Crippen LogP contribution in [0, 0.1) is 13.8 Å². The highest BCUT2D eigenvalue weighted by Crippen LogP contribution is 2.39. The topological polar surface area (TPSA) is 44.5 Å². The fourth-order valence-electron chi connectivity index (χ4n) is 3.70. The van der Waals surface area contributed by atoms with Crippen molar-refractivity contribution in [3.8, 4) is 22.4 Å². The lowest BCUT2D eigenvalue weighted by Gasteiger charge is -2.05. The van der Waals surface area contributed by atoms with Crippen LogP contribution < -0.4 is 0 Å². The van der Waals surface area contributed by atoms with Gasteiger partial charge in [0.1, 0.15) is 11.3 Å². The number of rotatable bonds is 2. The van der Waals surface area contributed by atoms with Crippen LogP contribution in [0.4, 0.5) is 0 Å². The molecule has 3 heterocycles. The first-order chi connectivity index (χ1) is 12.7. The molecule has 0 aliphatic rings. The van der Waals surface area contributed by atoms with Crippen LogP contribution in [0.3, 0.4) is 0 Å². The molecule has 5 rings (SSSR count). The Morgan fingerprint density at radius 3 is 2.00 bits per heavy atom. The van der Waals surface area contributed by atoms with Gasteiger partial charge in [0.25, 0.3) is 0 Å². The highest BCUT2D eigenvalue weighted by Gasteiger charge is 2.18. The number of hydrogen-bond donors (Lipinski definition) is 2. The molecule has 0 radical (unpaired) electrons. The molecule has 0 bridgehead atoms. The van der Waals surface area contributed by atoms with Crippen LogP contribution >= 0.6 is 0 Å². The highest BCUT2D eigenvalue weighted by molar-refractivity contribution is 6.06. The Balaban J connectivity index is 1.91. The third-order valence-electron chi connectivity index (χ3n) is 5.18. The quantitative estimate of drug-likeness (QED) is 0.408. The van der Waals surface area contributed by atoms with Crippen molar-refractivity contribution >= 4 is 22.1 Å². The first kappa shape index (κ1) is 15.0. The zero-order valence-electron chi connectivity index (χ0n) is 14.8. The summed E-state index contributed by atoms with van der Waals surface area (Å²) in [4.78, 5) is 11.8. The van der Waals surface area contributed by atoms with Gasteiger partial charge in [-0.15, -0.1) is 0 Å². The van der Waals surface area contributed by atoms with Crippen LogP contribution in [0.25, 0.3) is 44.5 Å². The average Bonchev–Trinajstić information content (AvgIpc) is 3.19. The predicted octanol–water partition coefficient (Wildman–Crippen LogP) is 6.00. The number of aromatic amines is 2. The van der Waals surface area contributed by atoms with E-state index < -0.39 is 0 Å². The molecule has 3 nitrogen and oxygen atoms in total. The monoisotopic (exact) mass is 337 g/mol. The molecule has 5 aromatic rings. The van der Waals surface area contributed by atoms with Gasteiger partial charge in [-0.1, -0.05) is 60.7 Å². The molecule has 3 aromatic heterocycles. The van der Waals surface area contributed by atoms with Crippen LogP contribution in [0.1, 0.15) is 11.3 Å². The molecular formula is C23H19N3. The highest BCUT2D eigenvalue weighted by atomic mass is 14.9. The van der Waals surface area contributed by atoms with Crippen molar-refractivity contribution in [3.05, 3.63) is 78.0 Å². The van der Waals surface area contributed by atoms with Crippen LogP contribution in [-0.2, 0) is 0 Å². The van der Waals surface area contributed by atoms with Gasteiger partial charge in [0, 0.05) is 22.0 Å². The average molecular weight is 337 g/mol. The van der Waals surface area contributed by atoms with Gasteiger partial charge >= 0.3 is 0 Å². The molecule has 0 aliphatic carbocycles. The number of benzene rings is 2. The maximum Gasteiger partial charge on any atom is 0.140 e. The van der Waals surface area contributed by atoms with E-state index in [2.05, 4.69) is 84.5 Å². The number of pyridine rings is 1. The minimum Gasteiger partial charge on any atom is -0.343 e. The number of aromatic nitrogens is 3. The van der Waals surface area contributed by atoms with Gasteiger partial charge in [0.15, 0.2) is 0 Å². The zero-order valence-corrected chi connectivity index (χ0v) is 14.8. The summed E-state index contributed by atoms with van der Waals surface area (Å²) in [5.41, 5.74) is 8.97. The normalized spacial score (nSPS) is 11.5. The number of nitrogens with zero attached hydrogens (tertiary/aromatic N) is 1. The van der Waals surface area contributed by atoms with Crippen molar-refractivity contribution in [2.24, 2.45) is 0 Å². The van der Waals surface area contributed by atoms with Gasteiger partial charge in [-0.2, -0.15) is 0 Å². The van der Waals surface area contributed by atoms with Crippen molar-refractivity contribution in [3.63, 3.8) is 0 Å². The number of nitrogens with one attached hydrogen (secondary N) is 2. The van der Waals surface area contributed by atoms with E-state index in [1.165, 1.54) is 33.3 Å². The first-order valence-corrected chi connectivity index (χ1v) is 8.85. The number of H-pyrrole nitrogens is 2. The SMILES string of the molecule is Cc1[nH]c2nc3[nH]c(-c4ccccc4)c(-c4ccccc4)c3cc2c1C. The summed E-state index contributed by atoms with van der Waals surface area (Å²) >= 11 is 0. The van der Waals surface area contributed by atoms with Gasteiger partial charge in [-0.25, -0.2) is 4.98 Å². The van der Waals surface area contributed by atoms with Gasteiger partial charge in [-0.05, 0) is 36.6 Å². The third-order valence-corrected chi connectivity index (χ3v) is 5.18. The van der Waals surface area contributed by atoms with E-state index in [4.69, 9.17) is 4.98 Å². The molecule has 0 saturated carbocycles. The maximum atomic E-state index is 4.88. The van der Waals surface area contributed by atoms with Crippen molar-refractivity contribution < 1.29 is 0 Å². The van der Waals surface area contributed by atoms with Gasteiger partial charge in [0.2, 0.25) is 0 Å². The Labute approximate surface area is 151 Å². The second kappa shape index (κ2) is 5.60. The Morgan fingerprint density at radius 1 is 0.692 bits per heavy atom. The standard InChI is InChI=1S/C23H19N3/c1-14-15(2)24-22-18(14)13-19-20(16-9-5-3-6-10-16)21(25-23(19)26-22)17-11-7-4-8-12-17/h3-13H,1-2H3,(H2,24,25,26). The lowest BCUT2D eigenvalue weighted by molar-refractivity contribution is 1.23. The van der Waals surface area contributed by atoms with Crippen LogP contribution in [0.5, 0.6) is 0 Å². The van der Waals surface area contributed by atoms with Gasteiger partial charge in [0.05, 0.1) is 5.69 Å². The van der Waals surface area contributed by atoms with E-state index in [0.29, 0.717) is 0 Å². The Bertz CT molecular complexity index is 1230. The number of fused-ring (bicyclic) bond motifs is 2. The van der Waals surface area contributed by atoms with E-state index in [9.17, 15) is 0 Å². The summed E-state index contributed by atoms with van der Waals surface area (Å²) in [5.74, 6) is 0. The van der Waals surface area contributed by atoms with Gasteiger partial charge < -0.3 is 9.97 Å². The van der Waals surface area contributed by atoms with Crippen LogP contribution in [0.15, 0.2) is 66.7 Å². The first-order valence-electron chi connectivity index (χ1n) is 8.85. The Morgan fingerprint density at radius 2 is 1.31 bits per heavy atom. The molecule has 0 amide bonds. The predicted molar refractivity (Wildman–Crippen MR) is 108 cm³/mol. The molecule has 0 atom stereocenters. The largest absolute Gasteiger partial charge is 0.343 e. The molecule has 2 aromatic carbocycles.